The van der Waals surface area contributed by atoms with Crippen LogP contribution in [0.1, 0.15) is 45.7 Å². The summed E-state index contributed by atoms with van der Waals surface area (Å²) in [5.74, 6) is -1.81. The number of aromatic nitrogens is 1. The fourth-order valence-electron chi connectivity index (χ4n) is 5.56. The van der Waals surface area contributed by atoms with Crippen LogP contribution < -0.4 is 21.2 Å². The van der Waals surface area contributed by atoms with Crippen LogP contribution in [0.2, 0.25) is 0 Å². The van der Waals surface area contributed by atoms with Crippen LogP contribution >= 0.6 is 0 Å². The fourth-order valence-corrected chi connectivity index (χ4v) is 5.56. The highest BCUT2D eigenvalue weighted by molar-refractivity contribution is 5.86. The number of carbonyl (C=O) groups excluding carboxylic acids is 4. The molecule has 0 saturated carbocycles. The van der Waals surface area contributed by atoms with Crippen LogP contribution in [0.3, 0.4) is 0 Å². The number of hydrogen-bond acceptors (Lipinski definition) is 9. The van der Waals surface area contributed by atoms with Crippen molar-refractivity contribution >= 4 is 24.0 Å². The number of hydrogen-bond donors (Lipinski definition) is 4. The largest absolute Gasteiger partial charge is 0.530 e. The second kappa shape index (κ2) is 19.2. The van der Waals surface area contributed by atoms with E-state index in [-0.39, 0.29) is 32.0 Å². The Morgan fingerprint density at radius 1 is 0.860 bits per heavy atom. The molecule has 0 aliphatic heterocycles. The van der Waals surface area contributed by atoms with Crippen molar-refractivity contribution in [3.63, 3.8) is 0 Å². The van der Waals surface area contributed by atoms with Gasteiger partial charge in [-0.1, -0.05) is 88.4 Å². The molecule has 0 aliphatic carbocycles. The lowest BCUT2D eigenvalue weighted by Crippen LogP contribution is -2.60. The maximum Gasteiger partial charge on any atom is 0.407 e. The summed E-state index contributed by atoms with van der Waals surface area (Å²) in [5, 5.41) is 30.5. The number of aliphatic hydroxyl groups is 1. The number of aliphatic hydroxyl groups excluding tert-OH is 1. The number of benzene rings is 2. The first kappa shape index (κ1) is 39.4. The summed E-state index contributed by atoms with van der Waals surface area (Å²) < 4.78 is 5.01. The normalized spacial score (nSPS) is 13.6. The van der Waals surface area contributed by atoms with Crippen LogP contribution in [0.4, 0.5) is 9.59 Å². The van der Waals surface area contributed by atoms with Crippen molar-refractivity contribution in [2.45, 2.75) is 71.8 Å². The van der Waals surface area contributed by atoms with Crippen LogP contribution in [-0.4, -0.2) is 88.4 Å². The van der Waals surface area contributed by atoms with E-state index < -0.39 is 54.1 Å². The molecule has 4 N–H and O–H groups in total. The molecule has 0 aliphatic rings. The van der Waals surface area contributed by atoms with Crippen LogP contribution in [-0.2, 0) is 27.3 Å². The molecule has 0 fully saturated rings. The Morgan fingerprint density at radius 3 is 2.08 bits per heavy atom. The van der Waals surface area contributed by atoms with Crippen LogP contribution in [0.15, 0.2) is 79.0 Å². The smallest absolute Gasteiger partial charge is 0.407 e. The van der Waals surface area contributed by atoms with Gasteiger partial charge in [0.05, 0.1) is 24.4 Å². The monoisotopic (exact) mass is 689 g/mol. The minimum Gasteiger partial charge on any atom is -0.530 e. The first-order chi connectivity index (χ1) is 23.8. The van der Waals surface area contributed by atoms with E-state index in [1.54, 1.807) is 40.8 Å². The lowest BCUT2D eigenvalue weighted by Gasteiger charge is -2.35. The Morgan fingerprint density at radius 2 is 1.52 bits per heavy atom. The van der Waals surface area contributed by atoms with E-state index in [9.17, 15) is 29.4 Å². The predicted octanol–water partition coefficient (Wildman–Crippen LogP) is 2.74. The fraction of sp³-hybridized carbons (Fsp3) is 0.432. The van der Waals surface area contributed by atoms with Gasteiger partial charge in [-0.05, 0) is 48.4 Å². The average molecular weight is 690 g/mol. The van der Waals surface area contributed by atoms with E-state index in [0.29, 0.717) is 0 Å². The molecule has 270 valence electrons. The zero-order chi connectivity index (χ0) is 36.8. The second-order valence-electron chi connectivity index (χ2n) is 12.8. The number of carboxylic acid groups (broad SMARTS) is 1. The first-order valence-electron chi connectivity index (χ1n) is 16.8. The molecule has 0 unspecified atom stereocenters. The van der Waals surface area contributed by atoms with Gasteiger partial charge in [0.1, 0.15) is 18.2 Å². The molecule has 50 heavy (non-hydrogen) atoms. The third-order valence-corrected chi connectivity index (χ3v) is 8.16. The van der Waals surface area contributed by atoms with Crippen molar-refractivity contribution < 1.29 is 34.1 Å². The van der Waals surface area contributed by atoms with E-state index in [4.69, 9.17) is 4.74 Å². The van der Waals surface area contributed by atoms with Gasteiger partial charge in [-0.2, -0.15) is 0 Å². The van der Waals surface area contributed by atoms with Crippen molar-refractivity contribution in [1.82, 2.24) is 31.0 Å². The molecule has 0 bridgehead atoms. The third-order valence-electron chi connectivity index (χ3n) is 8.16. The maximum atomic E-state index is 13.6. The highest BCUT2D eigenvalue weighted by Gasteiger charge is 2.33. The number of hydrazine groups is 1. The number of nitrogens with one attached hydrogen (secondary N) is 3. The Kier molecular flexibility index (Phi) is 15.2. The highest BCUT2D eigenvalue weighted by Crippen LogP contribution is 2.19. The molecule has 2 aromatic carbocycles. The van der Waals surface area contributed by atoms with Crippen molar-refractivity contribution in [3.05, 3.63) is 90.1 Å². The van der Waals surface area contributed by atoms with Gasteiger partial charge in [0.15, 0.2) is 0 Å². The van der Waals surface area contributed by atoms with Crippen molar-refractivity contribution in [1.29, 1.82) is 0 Å². The summed E-state index contributed by atoms with van der Waals surface area (Å²) in [4.78, 5) is 56.4. The zero-order valence-corrected chi connectivity index (χ0v) is 29.5. The summed E-state index contributed by atoms with van der Waals surface area (Å²) in [6.45, 7) is 8.82. The van der Waals surface area contributed by atoms with Gasteiger partial charge in [-0.3, -0.25) is 20.0 Å². The van der Waals surface area contributed by atoms with E-state index in [2.05, 4.69) is 21.0 Å². The zero-order valence-electron chi connectivity index (χ0n) is 29.5. The Hall–Kier alpha value is -5.01. The summed E-state index contributed by atoms with van der Waals surface area (Å²) in [5.41, 5.74) is 6.19. The minimum atomic E-state index is -1.50. The number of carbonyl (C=O) groups is 4. The van der Waals surface area contributed by atoms with Gasteiger partial charge in [-0.25, -0.2) is 9.80 Å². The molecule has 0 spiro atoms. The van der Waals surface area contributed by atoms with E-state index in [0.717, 1.165) is 27.3 Å². The summed E-state index contributed by atoms with van der Waals surface area (Å²) in [6.07, 6.45) is -1.55. The molecule has 13 heteroatoms. The lowest BCUT2D eigenvalue weighted by atomic mass is 9.98. The molecular formula is C37H49N6O7-. The molecule has 4 amide bonds. The van der Waals surface area contributed by atoms with Gasteiger partial charge in [0.25, 0.3) is 5.91 Å². The molecule has 1 aromatic heterocycles. The number of amides is 4. The number of alkyl carbamates (subject to hydrolysis) is 1. The third kappa shape index (κ3) is 11.8. The molecule has 3 aromatic rings. The second-order valence-corrected chi connectivity index (χ2v) is 12.8. The molecule has 13 nitrogen and oxygen atoms in total. The van der Waals surface area contributed by atoms with Crippen LogP contribution in [0.25, 0.3) is 11.3 Å². The van der Waals surface area contributed by atoms with Crippen molar-refractivity contribution in [3.8, 4) is 11.3 Å². The summed E-state index contributed by atoms with van der Waals surface area (Å²) in [7, 11) is 1.27. The van der Waals surface area contributed by atoms with Gasteiger partial charge < -0.3 is 35.3 Å². The molecule has 3 rings (SSSR count). The number of nitrogens with zero attached hydrogens (tertiary/aromatic N) is 3. The maximum absolute atomic E-state index is 13.6. The molecule has 0 saturated heterocycles. The lowest BCUT2D eigenvalue weighted by molar-refractivity contribution is -0.266. The van der Waals surface area contributed by atoms with Crippen molar-refractivity contribution in [2.24, 2.45) is 11.8 Å². The van der Waals surface area contributed by atoms with Gasteiger partial charge in [0.2, 0.25) is 5.91 Å². The predicted molar refractivity (Wildman–Crippen MR) is 187 cm³/mol. The summed E-state index contributed by atoms with van der Waals surface area (Å²) in [6, 6.07) is 19.6. The molecule has 1 heterocycles. The van der Waals surface area contributed by atoms with Gasteiger partial charge in [-0.15, -0.1) is 0 Å². The quantitative estimate of drug-likeness (QED) is 0.155. The van der Waals surface area contributed by atoms with E-state index in [1.807, 2.05) is 72.8 Å². The number of ether oxygens (including phenoxy) is 1. The average Bonchev–Trinajstić information content (AvgIpc) is 3.07. The Bertz CT molecular complexity index is 1520. The topological polar surface area (TPSA) is 176 Å². The van der Waals surface area contributed by atoms with Crippen molar-refractivity contribution in [2.75, 3.05) is 20.2 Å². The molecule has 0 radical (unpaired) electrons. The van der Waals surface area contributed by atoms with Crippen LogP contribution in [0, 0.1) is 11.8 Å². The van der Waals surface area contributed by atoms with Crippen LogP contribution in [0.5, 0.6) is 0 Å². The molecule has 4 atom stereocenters. The molecular weight excluding hydrogens is 640 g/mol. The summed E-state index contributed by atoms with van der Waals surface area (Å²) >= 11 is 0. The first-order valence-corrected chi connectivity index (χ1v) is 16.8. The number of rotatable bonds is 17. The Labute approximate surface area is 294 Å². The number of likely N-dealkylation sites (N-methyl/N-ethyl adjacent to an activating group) is 1. The van der Waals surface area contributed by atoms with Gasteiger partial charge >= 0.3 is 6.09 Å². The highest BCUT2D eigenvalue weighted by atomic mass is 16.5. The standard InChI is InChI=1S/C37H50N6O7/c1-7-50-36(47)40-32(24(2)3)34(45)41-43(22-27-16-18-28(19-17-27)29-15-11-12-20-38-29)23-31(44)30(21-26-13-9-8-10-14-26)39-35(46)33(25(4)5)42(6)37(48)49/h8-20,24-25,30-33,44H,7,21-23H2,1-6H3,(H,39,46)(H,40,47)(H,41,45)(H,48,49)/p-1/t30-,31-,32-,33-/m0/s1. The number of pyridine rings is 1. The van der Waals surface area contributed by atoms with E-state index in [1.165, 1.54) is 12.1 Å². The SMILES string of the molecule is CCOC(=O)N[C@H](C(=O)NN(Cc1ccc(-c2ccccn2)cc1)C[C@H](O)[C@H](Cc1ccccc1)NC(=O)[C@H](C(C)C)N(C)C(=O)[O-])C(C)C. The van der Waals surface area contributed by atoms with E-state index >= 15 is 0 Å². The Balaban J connectivity index is 1.93. The minimum absolute atomic E-state index is 0.135. The van der Waals surface area contributed by atoms with Gasteiger partial charge in [0, 0.05) is 31.9 Å².